The predicted molar refractivity (Wildman–Crippen MR) is 89.4 cm³/mol. The third-order valence-corrected chi connectivity index (χ3v) is 3.30. The Hall–Kier alpha value is -3.61. The first kappa shape index (κ1) is 15.3. The Bertz CT molecular complexity index is 955. The molecule has 0 N–H and O–H groups in total. The lowest BCUT2D eigenvalue weighted by Crippen LogP contribution is -2.08. The van der Waals surface area contributed by atoms with Crippen LogP contribution in [0.3, 0.4) is 0 Å². The highest BCUT2D eigenvalue weighted by molar-refractivity contribution is 5.95. The summed E-state index contributed by atoms with van der Waals surface area (Å²) in [7, 11) is 0. The summed E-state index contributed by atoms with van der Waals surface area (Å²) in [6.45, 7) is 0. The number of carbonyl (C=O) groups is 1. The van der Waals surface area contributed by atoms with Crippen molar-refractivity contribution in [2.75, 3.05) is 0 Å². The van der Waals surface area contributed by atoms with E-state index in [1.807, 2.05) is 12.1 Å². The van der Waals surface area contributed by atoms with Gasteiger partial charge in [0.05, 0.1) is 10.4 Å². The van der Waals surface area contributed by atoms with Gasteiger partial charge >= 0.3 is 0 Å². The highest BCUT2D eigenvalue weighted by atomic mass is 16.6. The molecular weight excluding hydrogens is 308 g/mol. The van der Waals surface area contributed by atoms with E-state index in [9.17, 15) is 14.9 Å². The second-order valence-electron chi connectivity index (χ2n) is 4.90. The Morgan fingerprint density at radius 3 is 2.58 bits per heavy atom. The first-order valence-electron chi connectivity index (χ1n) is 7.09. The van der Waals surface area contributed by atoms with Gasteiger partial charge in [0, 0.05) is 18.2 Å². The van der Waals surface area contributed by atoms with Crippen molar-refractivity contribution in [2.45, 2.75) is 0 Å². The van der Waals surface area contributed by atoms with Crippen LogP contribution in [-0.2, 0) is 0 Å². The van der Waals surface area contributed by atoms with Crippen LogP contribution in [0.4, 0.5) is 5.69 Å². The van der Waals surface area contributed by atoms with E-state index in [4.69, 9.17) is 0 Å². The molecule has 0 aliphatic carbocycles. The molecule has 0 radical (unpaired) electrons. The minimum atomic E-state index is -0.450. The molecule has 2 aromatic carbocycles. The number of rotatable bonds is 4. The van der Waals surface area contributed by atoms with Gasteiger partial charge in [0.15, 0.2) is 0 Å². The number of nitro benzene ring substituents is 1. The zero-order valence-electron chi connectivity index (χ0n) is 12.4. The number of para-hydroxylation sites is 1. The number of nitrogens with zero attached hydrogens (tertiary/aromatic N) is 4. The topological polar surface area (TPSA) is 90.9 Å². The molecule has 7 heteroatoms. The van der Waals surface area contributed by atoms with Gasteiger partial charge in [0.1, 0.15) is 5.52 Å². The fourth-order valence-corrected chi connectivity index (χ4v) is 2.11. The van der Waals surface area contributed by atoms with E-state index in [1.165, 1.54) is 22.9 Å². The van der Waals surface area contributed by atoms with Crippen LogP contribution in [0.1, 0.15) is 10.4 Å². The molecule has 3 aromatic rings. The lowest BCUT2D eigenvalue weighted by atomic mass is 10.2. The minimum Gasteiger partial charge on any atom is -0.267 e. The molecule has 24 heavy (non-hydrogen) atoms. The van der Waals surface area contributed by atoms with Gasteiger partial charge in [0.25, 0.3) is 11.6 Å². The molecule has 0 unspecified atom stereocenters. The average molecular weight is 320 g/mol. The molecule has 3 rings (SSSR count). The van der Waals surface area contributed by atoms with Crippen molar-refractivity contribution < 1.29 is 9.72 Å². The molecule has 7 nitrogen and oxygen atoms in total. The zero-order chi connectivity index (χ0) is 16.9. The van der Waals surface area contributed by atoms with Gasteiger partial charge in [0.2, 0.25) is 0 Å². The second-order valence-corrected chi connectivity index (χ2v) is 4.90. The van der Waals surface area contributed by atoms with Gasteiger partial charge in [-0.05, 0) is 29.8 Å². The summed E-state index contributed by atoms with van der Waals surface area (Å²) in [5, 5.41) is 18.3. The van der Waals surface area contributed by atoms with Gasteiger partial charge in [-0.3, -0.25) is 14.9 Å². The van der Waals surface area contributed by atoms with Crippen LogP contribution in [0.2, 0.25) is 0 Å². The minimum absolute atomic E-state index is 0.0379. The Morgan fingerprint density at radius 1 is 1.08 bits per heavy atom. The summed E-state index contributed by atoms with van der Waals surface area (Å²) in [6.07, 6.45) is 6.38. The molecule has 1 heterocycles. The summed E-state index contributed by atoms with van der Waals surface area (Å²) in [5.41, 5.74) is 2.13. The predicted octanol–water partition coefficient (Wildman–Crippen LogP) is 3.25. The molecule has 0 aliphatic heterocycles. The van der Waals surface area contributed by atoms with Gasteiger partial charge < -0.3 is 0 Å². The van der Waals surface area contributed by atoms with Gasteiger partial charge in [-0.2, -0.15) is 4.68 Å². The first-order chi connectivity index (χ1) is 11.6. The van der Waals surface area contributed by atoms with E-state index in [0.717, 1.165) is 5.56 Å². The SMILES string of the molecule is O=C(/C=C/C=C/c1ccc([N+](=O)[O-])cc1)n1nnc2ccccc21. The highest BCUT2D eigenvalue weighted by Gasteiger charge is 2.07. The number of carbonyl (C=O) groups excluding carboxylic acids is 1. The summed E-state index contributed by atoms with van der Waals surface area (Å²) < 4.78 is 1.23. The quantitative estimate of drug-likeness (QED) is 0.318. The number of non-ortho nitro benzene ring substituents is 1. The number of aromatic nitrogens is 3. The largest absolute Gasteiger partial charge is 0.272 e. The van der Waals surface area contributed by atoms with Crippen LogP contribution >= 0.6 is 0 Å². The van der Waals surface area contributed by atoms with Crippen molar-refractivity contribution in [1.29, 1.82) is 0 Å². The van der Waals surface area contributed by atoms with E-state index in [-0.39, 0.29) is 11.6 Å². The van der Waals surface area contributed by atoms with Crippen molar-refractivity contribution in [2.24, 2.45) is 0 Å². The summed E-state index contributed by atoms with van der Waals surface area (Å²) in [5.74, 6) is -0.308. The van der Waals surface area contributed by atoms with Crippen molar-refractivity contribution in [1.82, 2.24) is 15.0 Å². The summed E-state index contributed by atoms with van der Waals surface area (Å²) in [4.78, 5) is 22.2. The molecule has 0 saturated heterocycles. The molecule has 0 spiro atoms. The molecule has 0 aliphatic rings. The van der Waals surface area contributed by atoms with Gasteiger partial charge in [-0.15, -0.1) is 5.10 Å². The molecule has 0 atom stereocenters. The number of allylic oxidation sites excluding steroid dienone is 3. The maximum absolute atomic E-state index is 12.1. The number of hydrogen-bond acceptors (Lipinski definition) is 5. The smallest absolute Gasteiger partial charge is 0.267 e. The van der Waals surface area contributed by atoms with Gasteiger partial charge in [-0.25, -0.2) is 0 Å². The van der Waals surface area contributed by atoms with Gasteiger partial charge in [-0.1, -0.05) is 35.6 Å². The summed E-state index contributed by atoms with van der Waals surface area (Å²) >= 11 is 0. The van der Waals surface area contributed by atoms with E-state index in [1.54, 1.807) is 42.5 Å². The number of nitro groups is 1. The van der Waals surface area contributed by atoms with Crippen molar-refractivity contribution in [3.8, 4) is 0 Å². The first-order valence-corrected chi connectivity index (χ1v) is 7.09. The van der Waals surface area contributed by atoms with E-state index >= 15 is 0 Å². The monoisotopic (exact) mass is 320 g/mol. The zero-order valence-corrected chi connectivity index (χ0v) is 12.4. The molecule has 0 amide bonds. The number of hydrogen-bond donors (Lipinski definition) is 0. The standard InChI is InChI=1S/C17H12N4O3/c22-17(20-16-7-3-2-6-15(16)18-19-20)8-4-1-5-13-9-11-14(12-10-13)21(23)24/h1-12H/b5-1+,8-4+. The van der Waals surface area contributed by atoms with E-state index in [2.05, 4.69) is 10.3 Å². The Labute approximate surface area is 136 Å². The van der Waals surface area contributed by atoms with Crippen LogP contribution in [0.25, 0.3) is 17.1 Å². The van der Waals surface area contributed by atoms with Crippen LogP contribution in [-0.4, -0.2) is 25.8 Å². The van der Waals surface area contributed by atoms with Crippen LogP contribution in [0.15, 0.2) is 66.8 Å². The molecule has 0 saturated carbocycles. The fraction of sp³-hybridized carbons (Fsp3) is 0. The van der Waals surface area contributed by atoms with Crippen molar-refractivity contribution >= 4 is 28.7 Å². The third-order valence-electron chi connectivity index (χ3n) is 3.30. The maximum Gasteiger partial charge on any atom is 0.272 e. The fourth-order valence-electron chi connectivity index (χ4n) is 2.11. The Morgan fingerprint density at radius 2 is 1.83 bits per heavy atom. The third kappa shape index (κ3) is 3.25. The Balaban J connectivity index is 1.69. The highest BCUT2D eigenvalue weighted by Crippen LogP contribution is 2.13. The number of fused-ring (bicyclic) bond motifs is 1. The summed E-state index contributed by atoms with van der Waals surface area (Å²) in [6, 6.07) is 13.3. The molecule has 0 fully saturated rings. The average Bonchev–Trinajstić information content (AvgIpc) is 3.03. The number of benzene rings is 2. The molecule has 118 valence electrons. The van der Waals surface area contributed by atoms with Crippen LogP contribution in [0, 0.1) is 10.1 Å². The van der Waals surface area contributed by atoms with E-state index < -0.39 is 4.92 Å². The lowest BCUT2D eigenvalue weighted by Gasteiger charge is -1.94. The van der Waals surface area contributed by atoms with Crippen LogP contribution < -0.4 is 0 Å². The molecular formula is C17H12N4O3. The molecule has 0 bridgehead atoms. The second kappa shape index (κ2) is 6.66. The lowest BCUT2D eigenvalue weighted by molar-refractivity contribution is -0.384. The Kier molecular flexibility index (Phi) is 4.24. The van der Waals surface area contributed by atoms with E-state index in [0.29, 0.717) is 11.0 Å². The normalized spacial score (nSPS) is 11.5. The van der Waals surface area contributed by atoms with Crippen LogP contribution in [0.5, 0.6) is 0 Å². The maximum atomic E-state index is 12.1. The van der Waals surface area contributed by atoms with Crippen molar-refractivity contribution in [3.63, 3.8) is 0 Å². The van der Waals surface area contributed by atoms with Crippen molar-refractivity contribution in [3.05, 3.63) is 82.4 Å². The molecule has 1 aromatic heterocycles.